The quantitative estimate of drug-likeness (QED) is 0.639. The van der Waals surface area contributed by atoms with Gasteiger partial charge in [-0.3, -0.25) is 4.90 Å². The fourth-order valence-corrected chi connectivity index (χ4v) is 3.56. The molecular weight excluding hydrogens is 202 g/mol. The summed E-state index contributed by atoms with van der Waals surface area (Å²) < 4.78 is 5.40. The Morgan fingerprint density at radius 3 is 2.31 bits per heavy atom. The molecule has 2 bridgehead atoms. The van der Waals surface area contributed by atoms with Gasteiger partial charge in [0.1, 0.15) is 5.54 Å². The van der Waals surface area contributed by atoms with Crippen LogP contribution in [0.4, 0.5) is 0 Å². The van der Waals surface area contributed by atoms with E-state index >= 15 is 0 Å². The van der Waals surface area contributed by atoms with Gasteiger partial charge in [0.25, 0.3) is 0 Å². The SMILES string of the molecule is N#C[C@@]1(N2CCOCC2)CN2CCC1CC2. The van der Waals surface area contributed by atoms with E-state index in [0.717, 1.165) is 32.8 Å². The molecule has 0 aromatic heterocycles. The highest BCUT2D eigenvalue weighted by Crippen LogP contribution is 2.39. The molecule has 16 heavy (non-hydrogen) atoms. The summed E-state index contributed by atoms with van der Waals surface area (Å²) in [5.41, 5.74) is -0.208. The van der Waals surface area contributed by atoms with Crippen molar-refractivity contribution in [2.75, 3.05) is 45.9 Å². The average molecular weight is 221 g/mol. The molecule has 4 nitrogen and oxygen atoms in total. The molecule has 0 saturated carbocycles. The number of morpholine rings is 1. The monoisotopic (exact) mass is 221 g/mol. The van der Waals surface area contributed by atoms with E-state index in [4.69, 9.17) is 4.74 Å². The summed E-state index contributed by atoms with van der Waals surface area (Å²) in [5, 5.41) is 9.66. The van der Waals surface area contributed by atoms with Gasteiger partial charge in [-0.2, -0.15) is 5.26 Å². The summed E-state index contributed by atoms with van der Waals surface area (Å²) in [7, 11) is 0. The molecule has 0 aliphatic carbocycles. The van der Waals surface area contributed by atoms with Crippen molar-refractivity contribution >= 4 is 0 Å². The van der Waals surface area contributed by atoms with Crippen LogP contribution in [0, 0.1) is 17.2 Å². The Bertz CT molecular complexity index is 300. The first-order chi connectivity index (χ1) is 7.85. The summed E-state index contributed by atoms with van der Waals surface area (Å²) in [6.07, 6.45) is 2.40. The summed E-state index contributed by atoms with van der Waals surface area (Å²) >= 11 is 0. The van der Waals surface area contributed by atoms with Crippen molar-refractivity contribution in [3.63, 3.8) is 0 Å². The zero-order valence-corrected chi connectivity index (χ0v) is 9.69. The lowest BCUT2D eigenvalue weighted by molar-refractivity contribution is -0.0775. The normalized spacial score (nSPS) is 44.2. The first-order valence-corrected chi connectivity index (χ1v) is 6.31. The van der Waals surface area contributed by atoms with Crippen LogP contribution in [-0.4, -0.2) is 61.3 Å². The molecule has 4 aliphatic heterocycles. The summed E-state index contributed by atoms with van der Waals surface area (Å²) in [4.78, 5) is 4.84. The molecule has 0 radical (unpaired) electrons. The second-order valence-electron chi connectivity index (χ2n) is 5.19. The van der Waals surface area contributed by atoms with Crippen molar-refractivity contribution in [2.24, 2.45) is 5.92 Å². The van der Waals surface area contributed by atoms with Gasteiger partial charge < -0.3 is 9.64 Å². The molecule has 0 N–H and O–H groups in total. The summed E-state index contributed by atoms with van der Waals surface area (Å²) in [5.74, 6) is 0.584. The maximum absolute atomic E-state index is 9.66. The largest absolute Gasteiger partial charge is 0.379 e. The molecule has 0 spiro atoms. The van der Waals surface area contributed by atoms with Gasteiger partial charge in [0, 0.05) is 19.6 Å². The van der Waals surface area contributed by atoms with Crippen LogP contribution in [0.2, 0.25) is 0 Å². The lowest BCUT2D eigenvalue weighted by Gasteiger charge is -2.54. The standard InChI is InChI=1S/C12H19N3O/c13-9-12(15-5-7-16-8-6-15)10-14-3-1-11(12)2-4-14/h11H,1-8,10H2/t12-/m1/s1. The van der Waals surface area contributed by atoms with E-state index < -0.39 is 0 Å². The predicted octanol–water partition coefficient (Wildman–Crippen LogP) is 0.307. The Morgan fingerprint density at radius 2 is 1.81 bits per heavy atom. The number of rotatable bonds is 1. The van der Waals surface area contributed by atoms with Crippen LogP contribution in [0.1, 0.15) is 12.8 Å². The van der Waals surface area contributed by atoms with E-state index in [9.17, 15) is 5.26 Å². The Morgan fingerprint density at radius 1 is 1.12 bits per heavy atom. The van der Waals surface area contributed by atoms with Gasteiger partial charge in [-0.25, -0.2) is 0 Å². The minimum absolute atomic E-state index is 0.208. The number of nitrogens with zero attached hydrogens (tertiary/aromatic N) is 3. The topological polar surface area (TPSA) is 39.5 Å². The molecule has 4 aliphatic rings. The molecule has 0 amide bonds. The fourth-order valence-electron chi connectivity index (χ4n) is 3.56. The second kappa shape index (κ2) is 3.99. The average Bonchev–Trinajstić information content (AvgIpc) is 2.41. The lowest BCUT2D eigenvalue weighted by Crippen LogP contribution is -2.67. The first-order valence-electron chi connectivity index (χ1n) is 6.31. The maximum Gasteiger partial charge on any atom is 0.125 e. The Kier molecular flexibility index (Phi) is 2.62. The number of ether oxygens (including phenoxy) is 1. The number of piperidine rings is 3. The summed E-state index contributed by atoms with van der Waals surface area (Å²) in [6, 6.07) is 2.65. The van der Waals surface area contributed by atoms with Crippen molar-refractivity contribution in [3.05, 3.63) is 0 Å². The van der Waals surface area contributed by atoms with Crippen LogP contribution < -0.4 is 0 Å². The third-order valence-corrected chi connectivity index (χ3v) is 4.50. The van der Waals surface area contributed by atoms with Crippen LogP contribution in [0.25, 0.3) is 0 Å². The zero-order chi connectivity index (χ0) is 11.0. The molecule has 88 valence electrons. The molecule has 0 aromatic carbocycles. The van der Waals surface area contributed by atoms with Crippen molar-refractivity contribution in [3.8, 4) is 6.07 Å². The molecular formula is C12H19N3O. The third-order valence-electron chi connectivity index (χ3n) is 4.50. The van der Waals surface area contributed by atoms with Crippen molar-refractivity contribution < 1.29 is 4.74 Å². The van der Waals surface area contributed by atoms with Crippen LogP contribution in [0.5, 0.6) is 0 Å². The van der Waals surface area contributed by atoms with Crippen LogP contribution in [0.15, 0.2) is 0 Å². The first kappa shape index (κ1) is 10.5. The molecule has 4 heteroatoms. The Hall–Kier alpha value is -0.630. The third kappa shape index (κ3) is 1.46. The second-order valence-corrected chi connectivity index (χ2v) is 5.19. The van der Waals surface area contributed by atoms with Gasteiger partial charge in [-0.05, 0) is 31.8 Å². The predicted molar refractivity (Wildman–Crippen MR) is 59.9 cm³/mol. The molecule has 4 fully saturated rings. The molecule has 4 saturated heterocycles. The van der Waals surface area contributed by atoms with E-state index in [-0.39, 0.29) is 5.54 Å². The number of nitriles is 1. The van der Waals surface area contributed by atoms with Crippen molar-refractivity contribution in [1.29, 1.82) is 5.26 Å². The van der Waals surface area contributed by atoms with Gasteiger partial charge in [-0.15, -0.1) is 0 Å². The number of hydrogen-bond donors (Lipinski definition) is 0. The zero-order valence-electron chi connectivity index (χ0n) is 9.69. The minimum Gasteiger partial charge on any atom is -0.379 e. The lowest BCUT2D eigenvalue weighted by atomic mass is 9.72. The molecule has 4 heterocycles. The fraction of sp³-hybridized carbons (Fsp3) is 0.917. The maximum atomic E-state index is 9.66. The van der Waals surface area contributed by atoms with E-state index in [1.165, 1.54) is 25.9 Å². The van der Waals surface area contributed by atoms with Gasteiger partial charge >= 0.3 is 0 Å². The molecule has 0 unspecified atom stereocenters. The van der Waals surface area contributed by atoms with Gasteiger partial charge in [0.05, 0.1) is 19.3 Å². The van der Waals surface area contributed by atoms with Gasteiger partial charge in [0.2, 0.25) is 0 Å². The smallest absolute Gasteiger partial charge is 0.125 e. The van der Waals surface area contributed by atoms with Crippen molar-refractivity contribution in [1.82, 2.24) is 9.80 Å². The number of fused-ring (bicyclic) bond motifs is 3. The molecule has 0 aromatic rings. The number of hydrogen-bond acceptors (Lipinski definition) is 4. The van der Waals surface area contributed by atoms with Gasteiger partial charge in [0.15, 0.2) is 0 Å². The van der Waals surface area contributed by atoms with Crippen LogP contribution in [-0.2, 0) is 4.74 Å². The van der Waals surface area contributed by atoms with E-state index in [0.29, 0.717) is 5.92 Å². The van der Waals surface area contributed by atoms with Crippen LogP contribution in [0.3, 0.4) is 0 Å². The van der Waals surface area contributed by atoms with Crippen molar-refractivity contribution in [2.45, 2.75) is 18.4 Å². The Labute approximate surface area is 96.8 Å². The van der Waals surface area contributed by atoms with E-state index in [2.05, 4.69) is 15.9 Å². The Balaban J connectivity index is 1.85. The highest BCUT2D eigenvalue weighted by atomic mass is 16.5. The molecule has 4 rings (SSSR count). The van der Waals surface area contributed by atoms with Crippen LogP contribution >= 0.6 is 0 Å². The van der Waals surface area contributed by atoms with Gasteiger partial charge in [-0.1, -0.05) is 0 Å². The van der Waals surface area contributed by atoms with E-state index in [1.54, 1.807) is 0 Å². The minimum atomic E-state index is -0.208. The highest BCUT2D eigenvalue weighted by Gasteiger charge is 2.51. The van der Waals surface area contributed by atoms with E-state index in [1.807, 2.05) is 0 Å². The molecule has 1 atom stereocenters. The highest BCUT2D eigenvalue weighted by molar-refractivity contribution is 5.18. The summed E-state index contributed by atoms with van der Waals surface area (Å²) in [6.45, 7) is 6.77.